The largest absolute Gasteiger partial charge is 0.0798 e. The Morgan fingerprint density at radius 2 is 1.44 bits per heavy atom. The maximum atomic E-state index is 2.35. The SMILES string of the molecule is CC1=Cc2c(c(C)c3ccccc3c2C)C=CC1. The zero-order chi connectivity index (χ0) is 12.7. The molecule has 0 aliphatic heterocycles. The van der Waals surface area contributed by atoms with Crippen molar-refractivity contribution >= 4 is 22.9 Å². The number of hydrogen-bond donors (Lipinski definition) is 0. The van der Waals surface area contributed by atoms with Crippen LogP contribution in [0.15, 0.2) is 35.9 Å². The first-order valence-corrected chi connectivity index (χ1v) is 6.54. The third-order valence-corrected chi connectivity index (χ3v) is 3.95. The number of allylic oxidation sites excluding steroid dienone is 2. The molecule has 3 rings (SSSR count). The van der Waals surface area contributed by atoms with E-state index in [4.69, 9.17) is 0 Å². The summed E-state index contributed by atoms with van der Waals surface area (Å²) in [6, 6.07) is 8.72. The summed E-state index contributed by atoms with van der Waals surface area (Å²) in [5.74, 6) is 0. The van der Waals surface area contributed by atoms with Crippen LogP contribution in [0, 0.1) is 13.8 Å². The Kier molecular flexibility index (Phi) is 2.59. The maximum absolute atomic E-state index is 2.35. The molecule has 90 valence electrons. The van der Waals surface area contributed by atoms with Crippen LogP contribution in [-0.4, -0.2) is 0 Å². The van der Waals surface area contributed by atoms with Gasteiger partial charge >= 0.3 is 0 Å². The van der Waals surface area contributed by atoms with Gasteiger partial charge in [0.15, 0.2) is 0 Å². The third kappa shape index (κ3) is 1.60. The lowest BCUT2D eigenvalue weighted by Gasteiger charge is -2.14. The summed E-state index contributed by atoms with van der Waals surface area (Å²) in [7, 11) is 0. The van der Waals surface area contributed by atoms with Crippen molar-refractivity contribution in [3.8, 4) is 0 Å². The topological polar surface area (TPSA) is 0 Å². The number of hydrogen-bond acceptors (Lipinski definition) is 0. The van der Waals surface area contributed by atoms with Crippen molar-refractivity contribution < 1.29 is 0 Å². The lowest BCUT2D eigenvalue weighted by atomic mass is 9.90. The fourth-order valence-electron chi connectivity index (χ4n) is 2.90. The molecule has 2 aromatic rings. The monoisotopic (exact) mass is 234 g/mol. The molecule has 2 aromatic carbocycles. The van der Waals surface area contributed by atoms with Crippen LogP contribution in [0.3, 0.4) is 0 Å². The van der Waals surface area contributed by atoms with Crippen molar-refractivity contribution in [2.24, 2.45) is 0 Å². The van der Waals surface area contributed by atoms with Crippen LogP contribution < -0.4 is 0 Å². The third-order valence-electron chi connectivity index (χ3n) is 3.95. The van der Waals surface area contributed by atoms with Crippen LogP contribution in [0.2, 0.25) is 0 Å². The lowest BCUT2D eigenvalue weighted by molar-refractivity contribution is 1.24. The molecule has 0 saturated carbocycles. The average molecular weight is 234 g/mol. The number of fused-ring (bicyclic) bond motifs is 2. The lowest BCUT2D eigenvalue weighted by Crippen LogP contribution is -1.94. The van der Waals surface area contributed by atoms with E-state index in [1.807, 2.05) is 0 Å². The Bertz CT molecular complexity index is 685. The Balaban J connectivity index is 2.50. The van der Waals surface area contributed by atoms with E-state index in [-0.39, 0.29) is 0 Å². The van der Waals surface area contributed by atoms with Gasteiger partial charge in [0.05, 0.1) is 0 Å². The van der Waals surface area contributed by atoms with Crippen molar-refractivity contribution in [1.82, 2.24) is 0 Å². The van der Waals surface area contributed by atoms with E-state index < -0.39 is 0 Å². The minimum Gasteiger partial charge on any atom is -0.0798 e. The minimum absolute atomic E-state index is 1.06. The highest BCUT2D eigenvalue weighted by molar-refractivity contribution is 5.95. The number of rotatable bonds is 0. The van der Waals surface area contributed by atoms with E-state index in [2.05, 4.69) is 63.3 Å². The molecule has 0 atom stereocenters. The molecule has 0 fully saturated rings. The highest BCUT2D eigenvalue weighted by Crippen LogP contribution is 2.33. The molecule has 0 heteroatoms. The van der Waals surface area contributed by atoms with Gasteiger partial charge in [0, 0.05) is 0 Å². The molecule has 0 aromatic heterocycles. The summed E-state index contributed by atoms with van der Waals surface area (Å²) in [5, 5.41) is 2.76. The summed E-state index contributed by atoms with van der Waals surface area (Å²) in [5.41, 5.74) is 7.02. The molecule has 0 bridgehead atoms. The molecule has 0 saturated heterocycles. The molecule has 18 heavy (non-hydrogen) atoms. The van der Waals surface area contributed by atoms with E-state index in [9.17, 15) is 0 Å². The Labute approximate surface area is 109 Å². The number of benzene rings is 2. The van der Waals surface area contributed by atoms with Gasteiger partial charge in [-0.1, -0.05) is 48.1 Å². The zero-order valence-electron chi connectivity index (χ0n) is 11.2. The molecule has 0 radical (unpaired) electrons. The van der Waals surface area contributed by atoms with Gasteiger partial charge in [-0.3, -0.25) is 0 Å². The van der Waals surface area contributed by atoms with Gasteiger partial charge < -0.3 is 0 Å². The molecule has 1 aliphatic carbocycles. The standard InChI is InChI=1S/C18H18/c1-12-7-6-10-17-13(2)15-8-4-5-9-16(15)14(3)18(17)11-12/h4-6,8-11H,7H2,1-3H3. The molecule has 0 amide bonds. The molecule has 0 heterocycles. The van der Waals surface area contributed by atoms with Crippen LogP contribution >= 0.6 is 0 Å². The molecular weight excluding hydrogens is 216 g/mol. The van der Waals surface area contributed by atoms with Crippen molar-refractivity contribution in [1.29, 1.82) is 0 Å². The summed E-state index contributed by atoms with van der Waals surface area (Å²) < 4.78 is 0. The summed E-state index contributed by atoms with van der Waals surface area (Å²) in [6.45, 7) is 6.69. The van der Waals surface area contributed by atoms with Gasteiger partial charge in [0.2, 0.25) is 0 Å². The fraction of sp³-hybridized carbons (Fsp3) is 0.222. The van der Waals surface area contributed by atoms with E-state index in [1.54, 1.807) is 0 Å². The Morgan fingerprint density at radius 3 is 2.11 bits per heavy atom. The maximum Gasteiger partial charge on any atom is -0.0135 e. The molecular formula is C18H18. The summed E-state index contributed by atoms with van der Waals surface area (Å²) in [4.78, 5) is 0. The quantitative estimate of drug-likeness (QED) is 0.582. The zero-order valence-corrected chi connectivity index (χ0v) is 11.2. The first-order valence-electron chi connectivity index (χ1n) is 6.54. The molecule has 0 unspecified atom stereocenters. The molecule has 1 aliphatic rings. The van der Waals surface area contributed by atoms with E-state index in [0.717, 1.165) is 6.42 Å². The van der Waals surface area contributed by atoms with Gasteiger partial charge in [0.1, 0.15) is 0 Å². The first kappa shape index (κ1) is 11.3. The second kappa shape index (κ2) is 4.13. The van der Waals surface area contributed by atoms with Crippen molar-refractivity contribution in [2.45, 2.75) is 27.2 Å². The van der Waals surface area contributed by atoms with Gasteiger partial charge in [-0.05, 0) is 60.2 Å². The van der Waals surface area contributed by atoms with Gasteiger partial charge in [0.25, 0.3) is 0 Å². The second-order valence-corrected chi connectivity index (χ2v) is 5.22. The highest BCUT2D eigenvalue weighted by atomic mass is 14.2. The number of aryl methyl sites for hydroxylation is 2. The molecule has 0 nitrogen and oxygen atoms in total. The Morgan fingerprint density at radius 1 is 0.833 bits per heavy atom. The van der Waals surface area contributed by atoms with Crippen LogP contribution in [0.25, 0.3) is 22.9 Å². The average Bonchev–Trinajstić information content (AvgIpc) is 2.58. The highest BCUT2D eigenvalue weighted by Gasteiger charge is 2.12. The van der Waals surface area contributed by atoms with Gasteiger partial charge in [-0.15, -0.1) is 0 Å². The van der Waals surface area contributed by atoms with Crippen molar-refractivity contribution in [3.05, 3.63) is 58.2 Å². The normalized spacial score (nSPS) is 14.3. The van der Waals surface area contributed by atoms with Crippen LogP contribution in [0.5, 0.6) is 0 Å². The van der Waals surface area contributed by atoms with Crippen LogP contribution in [-0.2, 0) is 0 Å². The predicted octanol–water partition coefficient (Wildman–Crippen LogP) is 5.28. The van der Waals surface area contributed by atoms with E-state index >= 15 is 0 Å². The van der Waals surface area contributed by atoms with E-state index in [0.29, 0.717) is 0 Å². The van der Waals surface area contributed by atoms with Crippen molar-refractivity contribution in [3.63, 3.8) is 0 Å². The minimum atomic E-state index is 1.06. The second-order valence-electron chi connectivity index (χ2n) is 5.22. The molecule has 0 spiro atoms. The van der Waals surface area contributed by atoms with E-state index in [1.165, 1.54) is 38.6 Å². The van der Waals surface area contributed by atoms with Gasteiger partial charge in [-0.25, -0.2) is 0 Å². The summed E-state index contributed by atoms with van der Waals surface area (Å²) in [6.07, 6.45) is 7.98. The molecule has 0 N–H and O–H groups in total. The summed E-state index contributed by atoms with van der Waals surface area (Å²) >= 11 is 0. The van der Waals surface area contributed by atoms with Gasteiger partial charge in [-0.2, -0.15) is 0 Å². The van der Waals surface area contributed by atoms with Crippen LogP contribution in [0.1, 0.15) is 35.6 Å². The Hall–Kier alpha value is -1.82. The predicted molar refractivity (Wildman–Crippen MR) is 80.7 cm³/mol. The first-order chi connectivity index (χ1) is 8.68. The van der Waals surface area contributed by atoms with Crippen LogP contribution in [0.4, 0.5) is 0 Å². The smallest absolute Gasteiger partial charge is 0.0135 e. The fourth-order valence-corrected chi connectivity index (χ4v) is 2.90. The van der Waals surface area contributed by atoms with Crippen molar-refractivity contribution in [2.75, 3.05) is 0 Å².